The summed E-state index contributed by atoms with van der Waals surface area (Å²) in [7, 11) is 3.21. The maximum Gasteiger partial charge on any atom is 0.220 e. The van der Waals surface area contributed by atoms with Gasteiger partial charge in [-0.3, -0.25) is 4.79 Å². The molecule has 0 spiro atoms. The molecule has 0 aliphatic carbocycles. The van der Waals surface area contributed by atoms with Gasteiger partial charge in [-0.05, 0) is 42.7 Å². The summed E-state index contributed by atoms with van der Waals surface area (Å²) in [5, 5.41) is 2.92. The Kier molecular flexibility index (Phi) is 7.63. The van der Waals surface area contributed by atoms with Gasteiger partial charge < -0.3 is 19.5 Å². The predicted octanol–water partition coefficient (Wildman–Crippen LogP) is 3.22. The largest absolute Gasteiger partial charge is 0.494 e. The van der Waals surface area contributed by atoms with E-state index in [1.165, 1.54) is 0 Å². The molecule has 0 unspecified atom stereocenters. The minimum Gasteiger partial charge on any atom is -0.494 e. The Bertz CT molecular complexity index is 658. The van der Waals surface area contributed by atoms with Crippen LogP contribution in [0, 0.1) is 0 Å². The Labute approximate surface area is 148 Å². The van der Waals surface area contributed by atoms with Crippen molar-refractivity contribution in [2.75, 3.05) is 27.4 Å². The molecule has 1 N–H and O–H groups in total. The summed E-state index contributed by atoms with van der Waals surface area (Å²) in [4.78, 5) is 11.9. The molecule has 25 heavy (non-hydrogen) atoms. The third-order valence-electron chi connectivity index (χ3n) is 3.74. The molecule has 0 saturated carbocycles. The molecule has 0 atom stereocenters. The van der Waals surface area contributed by atoms with Crippen molar-refractivity contribution in [1.29, 1.82) is 0 Å². The Morgan fingerprint density at radius 2 is 1.76 bits per heavy atom. The highest BCUT2D eigenvalue weighted by molar-refractivity contribution is 5.76. The molecule has 0 aliphatic heterocycles. The fourth-order valence-corrected chi connectivity index (χ4v) is 2.39. The second-order valence-electron chi connectivity index (χ2n) is 5.55. The lowest BCUT2D eigenvalue weighted by Crippen LogP contribution is -2.25. The number of methoxy groups -OCH3 is 2. The zero-order chi connectivity index (χ0) is 17.9. The highest BCUT2D eigenvalue weighted by Gasteiger charge is 2.06. The summed E-state index contributed by atoms with van der Waals surface area (Å²) in [6.45, 7) is 1.19. The third-order valence-corrected chi connectivity index (χ3v) is 3.74. The molecule has 0 radical (unpaired) electrons. The summed E-state index contributed by atoms with van der Waals surface area (Å²) in [5.41, 5.74) is 1.04. The number of hydrogen-bond acceptors (Lipinski definition) is 4. The van der Waals surface area contributed by atoms with Crippen LogP contribution in [0.15, 0.2) is 48.5 Å². The molecular formula is C20H25NO4. The molecule has 0 fully saturated rings. The highest BCUT2D eigenvalue weighted by Crippen LogP contribution is 2.27. The Hall–Kier alpha value is -2.69. The highest BCUT2D eigenvalue weighted by atomic mass is 16.5. The summed E-state index contributed by atoms with van der Waals surface area (Å²) in [6, 6.07) is 15.4. The lowest BCUT2D eigenvalue weighted by atomic mass is 10.1. The lowest BCUT2D eigenvalue weighted by Gasteiger charge is -2.10. The van der Waals surface area contributed by atoms with Gasteiger partial charge in [0.15, 0.2) is 11.5 Å². The van der Waals surface area contributed by atoms with Crippen molar-refractivity contribution < 1.29 is 19.0 Å². The van der Waals surface area contributed by atoms with E-state index >= 15 is 0 Å². The van der Waals surface area contributed by atoms with Crippen molar-refractivity contribution in [3.8, 4) is 17.2 Å². The van der Waals surface area contributed by atoms with Crippen molar-refractivity contribution in [2.45, 2.75) is 19.3 Å². The minimum atomic E-state index is 0.0366. The van der Waals surface area contributed by atoms with Gasteiger partial charge in [0.25, 0.3) is 0 Å². The van der Waals surface area contributed by atoms with Crippen LogP contribution in [-0.4, -0.2) is 33.3 Å². The molecule has 134 valence electrons. The zero-order valence-electron chi connectivity index (χ0n) is 14.8. The molecule has 2 aromatic carbocycles. The molecule has 2 rings (SSSR count). The average molecular weight is 343 g/mol. The van der Waals surface area contributed by atoms with Gasteiger partial charge in [-0.1, -0.05) is 24.3 Å². The van der Waals surface area contributed by atoms with E-state index in [0.29, 0.717) is 37.5 Å². The molecular weight excluding hydrogens is 318 g/mol. The van der Waals surface area contributed by atoms with Gasteiger partial charge in [0.05, 0.1) is 20.8 Å². The first-order valence-electron chi connectivity index (χ1n) is 8.38. The van der Waals surface area contributed by atoms with Gasteiger partial charge in [0.2, 0.25) is 5.91 Å². The number of carbonyl (C=O) groups excluding carboxylic acids is 1. The fourth-order valence-electron chi connectivity index (χ4n) is 2.39. The van der Waals surface area contributed by atoms with Crippen LogP contribution in [0.3, 0.4) is 0 Å². The van der Waals surface area contributed by atoms with E-state index in [-0.39, 0.29) is 5.91 Å². The zero-order valence-corrected chi connectivity index (χ0v) is 14.8. The van der Waals surface area contributed by atoms with Crippen LogP contribution in [0.4, 0.5) is 0 Å². The van der Waals surface area contributed by atoms with Crippen LogP contribution in [0.1, 0.15) is 18.4 Å². The molecule has 0 saturated heterocycles. The number of aryl methyl sites for hydroxylation is 1. The maximum absolute atomic E-state index is 11.9. The first kappa shape index (κ1) is 18.6. The van der Waals surface area contributed by atoms with Gasteiger partial charge in [-0.15, -0.1) is 0 Å². The first-order chi connectivity index (χ1) is 12.2. The van der Waals surface area contributed by atoms with Crippen LogP contribution < -0.4 is 19.5 Å². The van der Waals surface area contributed by atoms with Crippen molar-refractivity contribution in [1.82, 2.24) is 5.32 Å². The van der Waals surface area contributed by atoms with E-state index in [9.17, 15) is 4.79 Å². The normalized spacial score (nSPS) is 10.2. The van der Waals surface area contributed by atoms with Gasteiger partial charge in [-0.2, -0.15) is 0 Å². The summed E-state index contributed by atoms with van der Waals surface area (Å²) in [6.07, 6.45) is 1.87. The summed E-state index contributed by atoms with van der Waals surface area (Å²) >= 11 is 0. The van der Waals surface area contributed by atoms with E-state index in [2.05, 4.69) is 5.32 Å². The average Bonchev–Trinajstić information content (AvgIpc) is 2.66. The number of amides is 1. The number of para-hydroxylation sites is 1. The SMILES string of the molecule is COc1ccc(CCC(=O)NCCCOc2ccccc2)cc1OC. The quantitative estimate of drug-likeness (QED) is 0.673. The van der Waals surface area contributed by atoms with Crippen LogP contribution in [0.5, 0.6) is 17.2 Å². The summed E-state index contributed by atoms with van der Waals surface area (Å²) in [5.74, 6) is 2.25. The van der Waals surface area contributed by atoms with E-state index < -0.39 is 0 Å². The van der Waals surface area contributed by atoms with Crippen molar-refractivity contribution in [2.24, 2.45) is 0 Å². The second-order valence-corrected chi connectivity index (χ2v) is 5.55. The number of benzene rings is 2. The van der Waals surface area contributed by atoms with Crippen LogP contribution in [0.25, 0.3) is 0 Å². The molecule has 5 heteroatoms. The van der Waals surface area contributed by atoms with E-state index in [4.69, 9.17) is 14.2 Å². The van der Waals surface area contributed by atoms with Gasteiger partial charge in [0.1, 0.15) is 5.75 Å². The van der Waals surface area contributed by atoms with Crippen molar-refractivity contribution in [3.63, 3.8) is 0 Å². The topological polar surface area (TPSA) is 56.8 Å². The Balaban J connectivity index is 1.64. The molecule has 0 bridgehead atoms. The monoisotopic (exact) mass is 343 g/mol. The van der Waals surface area contributed by atoms with E-state index in [0.717, 1.165) is 17.7 Å². The minimum absolute atomic E-state index is 0.0366. The smallest absolute Gasteiger partial charge is 0.220 e. The molecule has 0 aromatic heterocycles. The van der Waals surface area contributed by atoms with Gasteiger partial charge >= 0.3 is 0 Å². The van der Waals surface area contributed by atoms with E-state index in [1.807, 2.05) is 48.5 Å². The first-order valence-corrected chi connectivity index (χ1v) is 8.38. The van der Waals surface area contributed by atoms with Gasteiger partial charge in [-0.25, -0.2) is 0 Å². The van der Waals surface area contributed by atoms with Gasteiger partial charge in [0, 0.05) is 13.0 Å². The lowest BCUT2D eigenvalue weighted by molar-refractivity contribution is -0.121. The number of rotatable bonds is 10. The number of ether oxygens (including phenoxy) is 3. The molecule has 5 nitrogen and oxygen atoms in total. The summed E-state index contributed by atoms with van der Waals surface area (Å²) < 4.78 is 16.1. The fraction of sp³-hybridized carbons (Fsp3) is 0.350. The molecule has 0 aliphatic rings. The molecule has 2 aromatic rings. The third kappa shape index (κ3) is 6.37. The predicted molar refractivity (Wildman–Crippen MR) is 97.4 cm³/mol. The number of carbonyl (C=O) groups is 1. The Morgan fingerprint density at radius 1 is 1.00 bits per heavy atom. The second kappa shape index (κ2) is 10.2. The number of nitrogens with one attached hydrogen (secondary N) is 1. The maximum atomic E-state index is 11.9. The molecule has 0 heterocycles. The van der Waals surface area contributed by atoms with Crippen LogP contribution >= 0.6 is 0 Å². The van der Waals surface area contributed by atoms with Crippen molar-refractivity contribution in [3.05, 3.63) is 54.1 Å². The van der Waals surface area contributed by atoms with E-state index in [1.54, 1.807) is 14.2 Å². The van der Waals surface area contributed by atoms with Crippen LogP contribution in [-0.2, 0) is 11.2 Å². The van der Waals surface area contributed by atoms with Crippen molar-refractivity contribution >= 4 is 5.91 Å². The molecule has 1 amide bonds. The number of hydrogen-bond donors (Lipinski definition) is 1. The van der Waals surface area contributed by atoms with Crippen LogP contribution in [0.2, 0.25) is 0 Å². The Morgan fingerprint density at radius 3 is 2.48 bits per heavy atom. The standard InChI is InChI=1S/C20H25NO4/c1-23-18-11-9-16(15-19(18)24-2)10-12-20(22)21-13-6-14-25-17-7-4-3-5-8-17/h3-5,7-9,11,15H,6,10,12-14H2,1-2H3,(H,21,22).